The van der Waals surface area contributed by atoms with Gasteiger partial charge >= 0.3 is 5.97 Å². The first-order valence-electron chi connectivity index (χ1n) is 6.16. The zero-order valence-corrected chi connectivity index (χ0v) is 10.9. The summed E-state index contributed by atoms with van der Waals surface area (Å²) in [4.78, 5) is 19.3. The summed E-state index contributed by atoms with van der Waals surface area (Å²) >= 11 is 0. The molecule has 2 heterocycles. The summed E-state index contributed by atoms with van der Waals surface area (Å²) in [5.41, 5.74) is 6.38. The number of aromatic nitrogens is 2. The average Bonchev–Trinajstić information content (AvgIpc) is 2.49. The predicted octanol–water partition coefficient (Wildman–Crippen LogP) is 2.70. The Bertz CT molecular complexity index is 828. The van der Waals surface area contributed by atoms with Crippen molar-refractivity contribution in [1.82, 2.24) is 9.97 Å². The average molecular weight is 281 g/mol. The van der Waals surface area contributed by atoms with Gasteiger partial charge in [0.15, 0.2) is 5.75 Å². The molecule has 3 aromatic rings. The number of carbonyl (C=O) groups is 1. The first-order valence-corrected chi connectivity index (χ1v) is 6.16. The van der Waals surface area contributed by atoms with Crippen LogP contribution in [0.1, 0.15) is 10.4 Å². The molecule has 0 saturated carbocycles. The van der Waals surface area contributed by atoms with Crippen LogP contribution in [0.5, 0.6) is 11.6 Å². The summed E-state index contributed by atoms with van der Waals surface area (Å²) in [7, 11) is 0. The van der Waals surface area contributed by atoms with Gasteiger partial charge in [0.1, 0.15) is 11.2 Å². The minimum Gasteiger partial charge on any atom is -0.478 e. The number of hydrogen-bond donors (Lipinski definition) is 2. The largest absolute Gasteiger partial charge is 0.478 e. The van der Waals surface area contributed by atoms with E-state index in [1.807, 2.05) is 24.3 Å². The van der Waals surface area contributed by atoms with Crippen LogP contribution in [-0.2, 0) is 0 Å². The number of carboxylic acid groups (broad SMARTS) is 1. The van der Waals surface area contributed by atoms with Crippen LogP contribution in [0.2, 0.25) is 0 Å². The van der Waals surface area contributed by atoms with Crippen LogP contribution in [0.3, 0.4) is 0 Å². The lowest BCUT2D eigenvalue weighted by atomic mass is 10.2. The van der Waals surface area contributed by atoms with E-state index < -0.39 is 5.97 Å². The number of aromatic carboxylic acids is 1. The van der Waals surface area contributed by atoms with E-state index in [-0.39, 0.29) is 17.1 Å². The number of benzene rings is 1. The molecule has 3 rings (SSSR count). The molecule has 0 saturated heterocycles. The van der Waals surface area contributed by atoms with E-state index in [1.54, 1.807) is 12.3 Å². The molecular weight excluding hydrogens is 270 g/mol. The van der Waals surface area contributed by atoms with Crippen molar-refractivity contribution in [2.75, 3.05) is 5.73 Å². The van der Waals surface area contributed by atoms with E-state index in [9.17, 15) is 4.79 Å². The van der Waals surface area contributed by atoms with Gasteiger partial charge in [-0.2, -0.15) is 0 Å². The second-order valence-electron chi connectivity index (χ2n) is 4.32. The molecule has 0 aliphatic rings. The first kappa shape index (κ1) is 12.9. The van der Waals surface area contributed by atoms with Gasteiger partial charge in [0.2, 0.25) is 5.88 Å². The number of nitrogens with zero attached hydrogens (tertiary/aromatic N) is 2. The van der Waals surface area contributed by atoms with Crippen LogP contribution < -0.4 is 10.5 Å². The third-order valence-electron chi connectivity index (χ3n) is 2.99. The molecule has 0 spiro atoms. The smallest absolute Gasteiger partial charge is 0.338 e. The lowest BCUT2D eigenvalue weighted by Gasteiger charge is -2.10. The van der Waals surface area contributed by atoms with E-state index >= 15 is 0 Å². The van der Waals surface area contributed by atoms with Crippen LogP contribution in [0.4, 0.5) is 5.69 Å². The molecule has 0 atom stereocenters. The molecular formula is C15H11N3O3. The van der Waals surface area contributed by atoms with Crippen molar-refractivity contribution in [3.63, 3.8) is 0 Å². The molecule has 0 fully saturated rings. The third kappa shape index (κ3) is 2.34. The molecule has 0 amide bonds. The van der Waals surface area contributed by atoms with Crippen molar-refractivity contribution in [2.24, 2.45) is 0 Å². The van der Waals surface area contributed by atoms with Crippen LogP contribution in [0.25, 0.3) is 10.9 Å². The molecule has 0 radical (unpaired) electrons. The highest BCUT2D eigenvalue weighted by atomic mass is 16.5. The van der Waals surface area contributed by atoms with E-state index in [4.69, 9.17) is 15.6 Å². The maximum atomic E-state index is 11.1. The Morgan fingerprint density at radius 2 is 1.90 bits per heavy atom. The molecule has 1 aromatic carbocycles. The van der Waals surface area contributed by atoms with Crippen LogP contribution in [0.15, 0.2) is 48.8 Å². The lowest BCUT2D eigenvalue weighted by molar-refractivity contribution is 0.0697. The minimum absolute atomic E-state index is 0.0158. The Hall–Kier alpha value is -3.15. The van der Waals surface area contributed by atoms with Gasteiger partial charge in [0.25, 0.3) is 0 Å². The molecule has 2 aromatic heterocycles. The Morgan fingerprint density at radius 1 is 1.10 bits per heavy atom. The molecule has 104 valence electrons. The summed E-state index contributed by atoms with van der Waals surface area (Å²) in [5, 5.41) is 9.96. The van der Waals surface area contributed by atoms with Gasteiger partial charge in [0, 0.05) is 17.8 Å². The maximum Gasteiger partial charge on any atom is 0.338 e. The lowest BCUT2D eigenvalue weighted by Crippen LogP contribution is -2.05. The van der Waals surface area contributed by atoms with Gasteiger partial charge < -0.3 is 15.6 Å². The summed E-state index contributed by atoms with van der Waals surface area (Å²) in [6, 6.07) is 10.5. The molecule has 0 aliphatic carbocycles. The predicted molar refractivity (Wildman–Crippen MR) is 77.4 cm³/mol. The topological polar surface area (TPSA) is 98.3 Å². The highest BCUT2D eigenvalue weighted by molar-refractivity contribution is 5.94. The highest BCUT2D eigenvalue weighted by Crippen LogP contribution is 2.31. The SMILES string of the molecule is Nc1c(C(=O)O)ccnc1Oc1cccc2cccnc12. The Balaban J connectivity index is 2.07. The van der Waals surface area contributed by atoms with E-state index in [0.29, 0.717) is 11.3 Å². The van der Waals surface area contributed by atoms with Crippen LogP contribution >= 0.6 is 0 Å². The quantitative estimate of drug-likeness (QED) is 0.765. The summed E-state index contributed by atoms with van der Waals surface area (Å²) < 4.78 is 5.65. The first-order chi connectivity index (χ1) is 10.2. The van der Waals surface area contributed by atoms with Crippen molar-refractivity contribution in [2.45, 2.75) is 0 Å². The fraction of sp³-hybridized carbons (Fsp3) is 0. The maximum absolute atomic E-state index is 11.1. The molecule has 6 nitrogen and oxygen atoms in total. The fourth-order valence-corrected chi connectivity index (χ4v) is 1.98. The van der Waals surface area contributed by atoms with Crippen molar-refractivity contribution in [3.05, 3.63) is 54.4 Å². The summed E-state index contributed by atoms with van der Waals surface area (Å²) in [6.45, 7) is 0. The second-order valence-corrected chi connectivity index (χ2v) is 4.32. The van der Waals surface area contributed by atoms with Gasteiger partial charge in [-0.05, 0) is 18.2 Å². The monoisotopic (exact) mass is 281 g/mol. The molecule has 0 unspecified atom stereocenters. The standard InChI is InChI=1S/C15H11N3O3/c16-12-10(15(19)20)6-8-18-14(12)21-11-5-1-3-9-4-2-7-17-13(9)11/h1-8H,16H2,(H,19,20). The molecule has 6 heteroatoms. The number of nitrogens with two attached hydrogens (primary N) is 1. The van der Waals surface area contributed by atoms with Crippen molar-refractivity contribution in [3.8, 4) is 11.6 Å². The fourth-order valence-electron chi connectivity index (χ4n) is 1.98. The van der Waals surface area contributed by atoms with Crippen LogP contribution in [0, 0.1) is 0 Å². The Morgan fingerprint density at radius 3 is 2.71 bits per heavy atom. The number of para-hydroxylation sites is 1. The molecule has 0 aliphatic heterocycles. The van der Waals surface area contributed by atoms with Gasteiger partial charge in [-0.1, -0.05) is 18.2 Å². The Labute approximate surface area is 119 Å². The number of hydrogen-bond acceptors (Lipinski definition) is 5. The number of carboxylic acids is 1. The molecule has 3 N–H and O–H groups in total. The van der Waals surface area contributed by atoms with Gasteiger partial charge in [-0.3, -0.25) is 4.98 Å². The zero-order chi connectivity index (χ0) is 14.8. The third-order valence-corrected chi connectivity index (χ3v) is 2.99. The number of fused-ring (bicyclic) bond motifs is 1. The van der Waals surface area contributed by atoms with Crippen molar-refractivity contribution in [1.29, 1.82) is 0 Å². The van der Waals surface area contributed by atoms with Gasteiger partial charge in [-0.15, -0.1) is 0 Å². The number of ether oxygens (including phenoxy) is 1. The molecule has 21 heavy (non-hydrogen) atoms. The number of nitrogen functional groups attached to an aromatic ring is 1. The normalized spacial score (nSPS) is 10.5. The van der Waals surface area contributed by atoms with E-state index in [2.05, 4.69) is 9.97 Å². The summed E-state index contributed by atoms with van der Waals surface area (Å²) in [5.74, 6) is -0.612. The van der Waals surface area contributed by atoms with Gasteiger partial charge in [-0.25, -0.2) is 9.78 Å². The van der Waals surface area contributed by atoms with Crippen LogP contribution in [-0.4, -0.2) is 21.0 Å². The molecule has 0 bridgehead atoms. The van der Waals surface area contributed by atoms with Crippen molar-refractivity contribution < 1.29 is 14.6 Å². The highest BCUT2D eigenvalue weighted by Gasteiger charge is 2.15. The zero-order valence-electron chi connectivity index (χ0n) is 10.9. The Kier molecular flexibility index (Phi) is 3.12. The van der Waals surface area contributed by atoms with Crippen molar-refractivity contribution >= 4 is 22.6 Å². The number of anilines is 1. The second kappa shape index (κ2) is 5.09. The van der Waals surface area contributed by atoms with E-state index in [0.717, 1.165) is 5.39 Å². The number of rotatable bonds is 3. The summed E-state index contributed by atoms with van der Waals surface area (Å²) in [6.07, 6.45) is 2.99. The van der Waals surface area contributed by atoms with E-state index in [1.165, 1.54) is 12.3 Å². The minimum atomic E-state index is -1.13. The van der Waals surface area contributed by atoms with Gasteiger partial charge in [0.05, 0.1) is 5.56 Å². The number of pyridine rings is 2.